The smallest absolute Gasteiger partial charge is 0.312 e. The van der Waals surface area contributed by atoms with Crippen molar-refractivity contribution in [1.29, 1.82) is 0 Å². The lowest BCUT2D eigenvalue weighted by atomic mass is 9.64. The van der Waals surface area contributed by atoms with E-state index in [1.807, 2.05) is 0 Å². The van der Waals surface area contributed by atoms with Crippen LogP contribution in [0.5, 0.6) is 0 Å². The first-order chi connectivity index (χ1) is 6.83. The SMILES string of the molecule is CCC1CCCC(O)(C(C)(C)C(=O)O)C1. The Hall–Kier alpha value is -0.570. The first-order valence-electron chi connectivity index (χ1n) is 5.79. The van der Waals surface area contributed by atoms with Gasteiger partial charge in [-0.2, -0.15) is 0 Å². The van der Waals surface area contributed by atoms with Gasteiger partial charge in [0.15, 0.2) is 0 Å². The zero-order valence-electron chi connectivity index (χ0n) is 9.92. The summed E-state index contributed by atoms with van der Waals surface area (Å²) in [6.45, 7) is 5.37. The Kier molecular flexibility index (Phi) is 3.44. The lowest BCUT2D eigenvalue weighted by Crippen LogP contribution is -2.52. The average Bonchev–Trinajstić information content (AvgIpc) is 2.17. The number of carboxylic acids is 1. The summed E-state index contributed by atoms with van der Waals surface area (Å²) >= 11 is 0. The molecule has 1 aliphatic carbocycles. The highest BCUT2D eigenvalue weighted by atomic mass is 16.4. The van der Waals surface area contributed by atoms with Gasteiger partial charge in [-0.1, -0.05) is 26.2 Å². The van der Waals surface area contributed by atoms with Gasteiger partial charge in [-0.05, 0) is 32.6 Å². The van der Waals surface area contributed by atoms with Crippen LogP contribution in [0, 0.1) is 11.3 Å². The van der Waals surface area contributed by atoms with E-state index < -0.39 is 17.0 Å². The maximum Gasteiger partial charge on any atom is 0.312 e. The highest BCUT2D eigenvalue weighted by Crippen LogP contribution is 2.45. The van der Waals surface area contributed by atoms with Crippen molar-refractivity contribution in [2.24, 2.45) is 11.3 Å². The fourth-order valence-electron chi connectivity index (χ4n) is 2.48. The van der Waals surface area contributed by atoms with Crippen LogP contribution in [0.2, 0.25) is 0 Å². The van der Waals surface area contributed by atoms with Crippen molar-refractivity contribution in [3.05, 3.63) is 0 Å². The maximum atomic E-state index is 11.2. The van der Waals surface area contributed by atoms with Crippen LogP contribution in [0.4, 0.5) is 0 Å². The quantitative estimate of drug-likeness (QED) is 0.758. The Morgan fingerprint density at radius 3 is 2.60 bits per heavy atom. The molecule has 1 aliphatic rings. The van der Waals surface area contributed by atoms with Crippen molar-refractivity contribution >= 4 is 5.97 Å². The molecule has 0 radical (unpaired) electrons. The predicted molar refractivity (Wildman–Crippen MR) is 58.6 cm³/mol. The topological polar surface area (TPSA) is 57.5 Å². The molecule has 0 spiro atoms. The number of carbonyl (C=O) groups is 1. The van der Waals surface area contributed by atoms with E-state index in [2.05, 4.69) is 6.92 Å². The molecule has 1 fully saturated rings. The van der Waals surface area contributed by atoms with Crippen LogP contribution in [0.25, 0.3) is 0 Å². The monoisotopic (exact) mass is 214 g/mol. The summed E-state index contributed by atoms with van der Waals surface area (Å²) in [6, 6.07) is 0. The van der Waals surface area contributed by atoms with E-state index in [-0.39, 0.29) is 0 Å². The van der Waals surface area contributed by atoms with E-state index in [1.165, 1.54) is 0 Å². The number of hydrogen-bond donors (Lipinski definition) is 2. The van der Waals surface area contributed by atoms with Crippen molar-refractivity contribution in [2.45, 2.75) is 58.5 Å². The van der Waals surface area contributed by atoms with Crippen LogP contribution in [-0.4, -0.2) is 21.8 Å². The van der Waals surface area contributed by atoms with Gasteiger partial charge in [-0.25, -0.2) is 0 Å². The second-order valence-electron chi connectivity index (χ2n) is 5.33. The summed E-state index contributed by atoms with van der Waals surface area (Å²) in [5.74, 6) is -0.427. The minimum absolute atomic E-state index is 0.474. The summed E-state index contributed by atoms with van der Waals surface area (Å²) in [5, 5.41) is 19.6. The zero-order chi connectivity index (χ0) is 11.7. The summed E-state index contributed by atoms with van der Waals surface area (Å²) < 4.78 is 0. The third-order valence-corrected chi connectivity index (χ3v) is 4.10. The molecule has 0 amide bonds. The molecule has 15 heavy (non-hydrogen) atoms. The molecule has 0 saturated heterocycles. The van der Waals surface area contributed by atoms with Gasteiger partial charge >= 0.3 is 5.97 Å². The van der Waals surface area contributed by atoms with Gasteiger partial charge in [-0.15, -0.1) is 0 Å². The average molecular weight is 214 g/mol. The Morgan fingerprint density at radius 2 is 2.13 bits per heavy atom. The highest BCUT2D eigenvalue weighted by molar-refractivity contribution is 5.75. The molecule has 0 heterocycles. The van der Waals surface area contributed by atoms with E-state index in [0.29, 0.717) is 18.8 Å². The van der Waals surface area contributed by atoms with E-state index in [1.54, 1.807) is 13.8 Å². The number of aliphatic carboxylic acids is 1. The lowest BCUT2D eigenvalue weighted by molar-refractivity contribution is -0.171. The molecule has 2 N–H and O–H groups in total. The van der Waals surface area contributed by atoms with Gasteiger partial charge in [0.1, 0.15) is 0 Å². The molecule has 2 atom stereocenters. The number of aliphatic hydroxyl groups is 1. The second kappa shape index (κ2) is 4.12. The summed E-state index contributed by atoms with van der Waals surface area (Å²) in [5.41, 5.74) is -2.07. The molecule has 1 saturated carbocycles. The molecular weight excluding hydrogens is 192 g/mol. The second-order valence-corrected chi connectivity index (χ2v) is 5.33. The fraction of sp³-hybridized carbons (Fsp3) is 0.917. The third-order valence-electron chi connectivity index (χ3n) is 4.10. The van der Waals surface area contributed by atoms with Gasteiger partial charge in [0.05, 0.1) is 11.0 Å². The molecule has 1 rings (SSSR count). The van der Waals surface area contributed by atoms with Crippen molar-refractivity contribution in [2.75, 3.05) is 0 Å². The van der Waals surface area contributed by atoms with Gasteiger partial charge in [0, 0.05) is 0 Å². The molecular formula is C12H22O3. The van der Waals surface area contributed by atoms with E-state index in [4.69, 9.17) is 5.11 Å². The largest absolute Gasteiger partial charge is 0.481 e. The zero-order valence-corrected chi connectivity index (χ0v) is 9.92. The molecule has 2 unspecified atom stereocenters. The van der Waals surface area contributed by atoms with Crippen LogP contribution >= 0.6 is 0 Å². The fourth-order valence-corrected chi connectivity index (χ4v) is 2.48. The summed E-state index contributed by atoms with van der Waals surface area (Å²) in [4.78, 5) is 11.2. The van der Waals surface area contributed by atoms with Gasteiger partial charge in [0.2, 0.25) is 0 Å². The Morgan fingerprint density at radius 1 is 1.53 bits per heavy atom. The van der Waals surface area contributed by atoms with Crippen molar-refractivity contribution in [1.82, 2.24) is 0 Å². The Labute approximate surface area is 91.5 Å². The third kappa shape index (κ3) is 2.17. The minimum Gasteiger partial charge on any atom is -0.481 e. The molecule has 0 bridgehead atoms. The van der Waals surface area contributed by atoms with Crippen LogP contribution in [-0.2, 0) is 4.79 Å². The first-order valence-corrected chi connectivity index (χ1v) is 5.79. The predicted octanol–water partition coefficient (Wildman–Crippen LogP) is 2.43. The Bertz CT molecular complexity index is 247. The standard InChI is InChI=1S/C12H22O3/c1-4-9-6-5-7-12(15,8-9)11(2,3)10(13)14/h9,15H,4-8H2,1-3H3,(H,13,14). The molecule has 0 aliphatic heterocycles. The molecule has 88 valence electrons. The van der Waals surface area contributed by atoms with E-state index in [0.717, 1.165) is 19.3 Å². The minimum atomic E-state index is -1.04. The Balaban J connectivity index is 2.85. The van der Waals surface area contributed by atoms with Crippen LogP contribution in [0.1, 0.15) is 52.9 Å². The molecule has 0 aromatic carbocycles. The number of rotatable bonds is 3. The normalized spacial score (nSPS) is 32.7. The maximum absolute atomic E-state index is 11.2. The van der Waals surface area contributed by atoms with Gasteiger partial charge in [0.25, 0.3) is 0 Å². The number of hydrogen-bond acceptors (Lipinski definition) is 2. The lowest BCUT2D eigenvalue weighted by Gasteiger charge is -2.45. The van der Waals surface area contributed by atoms with Crippen LogP contribution in [0.3, 0.4) is 0 Å². The molecule has 3 heteroatoms. The highest BCUT2D eigenvalue weighted by Gasteiger charge is 2.50. The van der Waals surface area contributed by atoms with Crippen molar-refractivity contribution in [3.8, 4) is 0 Å². The first kappa shape index (κ1) is 12.5. The molecule has 0 aromatic rings. The van der Waals surface area contributed by atoms with Crippen LogP contribution < -0.4 is 0 Å². The summed E-state index contributed by atoms with van der Waals surface area (Å²) in [6.07, 6.45) is 4.32. The van der Waals surface area contributed by atoms with E-state index >= 15 is 0 Å². The van der Waals surface area contributed by atoms with Crippen molar-refractivity contribution < 1.29 is 15.0 Å². The number of carboxylic acid groups (broad SMARTS) is 1. The summed E-state index contributed by atoms with van der Waals surface area (Å²) in [7, 11) is 0. The van der Waals surface area contributed by atoms with Crippen LogP contribution in [0.15, 0.2) is 0 Å². The molecule has 3 nitrogen and oxygen atoms in total. The van der Waals surface area contributed by atoms with E-state index in [9.17, 15) is 9.90 Å². The molecule has 0 aromatic heterocycles. The van der Waals surface area contributed by atoms with Gasteiger partial charge in [-0.3, -0.25) is 4.79 Å². The van der Waals surface area contributed by atoms with Gasteiger partial charge < -0.3 is 10.2 Å². The van der Waals surface area contributed by atoms with Crippen molar-refractivity contribution in [3.63, 3.8) is 0 Å².